The summed E-state index contributed by atoms with van der Waals surface area (Å²) in [6, 6.07) is 19.0. The Bertz CT molecular complexity index is 905. The van der Waals surface area contributed by atoms with Gasteiger partial charge in [-0.2, -0.15) is 5.26 Å². The zero-order chi connectivity index (χ0) is 16.9. The first-order valence-corrected chi connectivity index (χ1v) is 7.81. The van der Waals surface area contributed by atoms with E-state index in [4.69, 9.17) is 5.26 Å². The van der Waals surface area contributed by atoms with Crippen molar-refractivity contribution in [2.45, 2.75) is 19.3 Å². The number of amides is 1. The average molecular weight is 315 g/mol. The number of carbonyl (C=O) groups excluding carboxylic acids is 1. The predicted octanol–water partition coefficient (Wildman–Crippen LogP) is 4.24. The van der Waals surface area contributed by atoms with Crippen LogP contribution in [-0.4, -0.2) is 10.9 Å². The molecule has 3 rings (SSSR count). The van der Waals surface area contributed by atoms with E-state index in [2.05, 4.69) is 16.4 Å². The first kappa shape index (κ1) is 15.7. The minimum atomic E-state index is -0.0509. The van der Waals surface area contributed by atoms with E-state index in [1.165, 1.54) is 0 Å². The van der Waals surface area contributed by atoms with Gasteiger partial charge in [0.1, 0.15) is 0 Å². The number of hydrogen-bond donors (Lipinski definition) is 1. The number of pyridine rings is 1. The van der Waals surface area contributed by atoms with Crippen molar-refractivity contribution in [2.24, 2.45) is 0 Å². The highest BCUT2D eigenvalue weighted by molar-refractivity contribution is 6.00. The van der Waals surface area contributed by atoms with Crippen LogP contribution in [0, 0.1) is 11.3 Å². The number of nitrogens with one attached hydrogen (secondary N) is 1. The van der Waals surface area contributed by atoms with Crippen molar-refractivity contribution in [1.82, 2.24) is 4.98 Å². The third-order valence-electron chi connectivity index (χ3n) is 4.01. The summed E-state index contributed by atoms with van der Waals surface area (Å²) in [6.45, 7) is 2.00. The number of anilines is 1. The van der Waals surface area contributed by atoms with Crippen molar-refractivity contribution in [3.63, 3.8) is 0 Å². The molecule has 2 aromatic carbocycles. The van der Waals surface area contributed by atoms with Crippen LogP contribution in [0.3, 0.4) is 0 Å². The Morgan fingerprint density at radius 1 is 1.17 bits per heavy atom. The number of para-hydroxylation sites is 1. The Balaban J connectivity index is 1.71. The highest BCUT2D eigenvalue weighted by atomic mass is 16.1. The molecule has 0 saturated heterocycles. The molecular formula is C20H17N3O. The molecule has 0 aliphatic rings. The van der Waals surface area contributed by atoms with E-state index in [0.717, 1.165) is 22.2 Å². The molecule has 0 radical (unpaired) electrons. The second kappa shape index (κ2) is 6.93. The van der Waals surface area contributed by atoms with Crippen LogP contribution in [0.2, 0.25) is 0 Å². The second-order valence-corrected chi connectivity index (χ2v) is 5.77. The van der Waals surface area contributed by atoms with E-state index >= 15 is 0 Å². The van der Waals surface area contributed by atoms with Gasteiger partial charge in [-0.1, -0.05) is 37.3 Å². The van der Waals surface area contributed by atoms with Gasteiger partial charge >= 0.3 is 0 Å². The van der Waals surface area contributed by atoms with E-state index < -0.39 is 0 Å². The first-order valence-electron chi connectivity index (χ1n) is 7.81. The van der Waals surface area contributed by atoms with E-state index in [9.17, 15) is 4.79 Å². The number of rotatable bonds is 4. The SMILES string of the molecule is CC(CC(=O)Nc1cccc2cccnc12)c1ccc(C#N)cc1. The fraction of sp³-hybridized carbons (Fsp3) is 0.150. The van der Waals surface area contributed by atoms with Gasteiger partial charge in [0.15, 0.2) is 0 Å². The van der Waals surface area contributed by atoms with Crippen molar-refractivity contribution < 1.29 is 4.79 Å². The topological polar surface area (TPSA) is 65.8 Å². The molecule has 0 saturated carbocycles. The van der Waals surface area contributed by atoms with Crippen molar-refractivity contribution in [1.29, 1.82) is 5.26 Å². The number of hydrogen-bond acceptors (Lipinski definition) is 3. The van der Waals surface area contributed by atoms with Crippen molar-refractivity contribution in [3.8, 4) is 6.07 Å². The van der Waals surface area contributed by atoms with E-state index in [0.29, 0.717) is 12.0 Å². The lowest BCUT2D eigenvalue weighted by Gasteiger charge is -2.13. The summed E-state index contributed by atoms with van der Waals surface area (Å²) in [5.41, 5.74) is 3.18. The molecule has 0 spiro atoms. The van der Waals surface area contributed by atoms with E-state index in [1.807, 2.05) is 49.4 Å². The van der Waals surface area contributed by atoms with Gasteiger partial charge in [0.05, 0.1) is 22.8 Å². The highest BCUT2D eigenvalue weighted by Gasteiger charge is 2.13. The van der Waals surface area contributed by atoms with Gasteiger partial charge in [0.2, 0.25) is 5.91 Å². The Hall–Kier alpha value is -3.19. The highest BCUT2D eigenvalue weighted by Crippen LogP contribution is 2.23. The predicted molar refractivity (Wildman–Crippen MR) is 94.6 cm³/mol. The van der Waals surface area contributed by atoms with Gasteiger partial charge in [0, 0.05) is 18.0 Å². The molecule has 1 atom stereocenters. The van der Waals surface area contributed by atoms with Crippen LogP contribution in [-0.2, 0) is 4.79 Å². The number of aromatic nitrogens is 1. The third-order valence-corrected chi connectivity index (χ3v) is 4.01. The summed E-state index contributed by atoms with van der Waals surface area (Å²) in [5, 5.41) is 12.8. The molecule has 0 fully saturated rings. The molecule has 118 valence electrons. The molecule has 4 nitrogen and oxygen atoms in total. The molecule has 3 aromatic rings. The first-order chi connectivity index (χ1) is 11.7. The van der Waals surface area contributed by atoms with Gasteiger partial charge in [0.25, 0.3) is 0 Å². The van der Waals surface area contributed by atoms with Crippen LogP contribution in [0.4, 0.5) is 5.69 Å². The fourth-order valence-corrected chi connectivity index (χ4v) is 2.69. The monoisotopic (exact) mass is 315 g/mol. The summed E-state index contributed by atoms with van der Waals surface area (Å²) >= 11 is 0. The maximum atomic E-state index is 12.4. The molecule has 1 aromatic heterocycles. The standard InChI is InChI=1S/C20H17N3O/c1-14(16-9-7-15(13-21)8-10-16)12-19(24)23-18-6-2-4-17-5-3-11-22-20(17)18/h2-11,14H,12H2,1H3,(H,23,24). The Labute approximate surface area is 140 Å². The average Bonchev–Trinajstić information content (AvgIpc) is 2.62. The maximum absolute atomic E-state index is 12.4. The summed E-state index contributed by atoms with van der Waals surface area (Å²) in [5.74, 6) is 0.0192. The fourth-order valence-electron chi connectivity index (χ4n) is 2.69. The van der Waals surface area contributed by atoms with Gasteiger partial charge < -0.3 is 5.32 Å². The Morgan fingerprint density at radius 3 is 2.67 bits per heavy atom. The number of carbonyl (C=O) groups is 1. The second-order valence-electron chi connectivity index (χ2n) is 5.77. The number of benzene rings is 2. The third kappa shape index (κ3) is 3.41. The van der Waals surface area contributed by atoms with Crippen molar-refractivity contribution in [2.75, 3.05) is 5.32 Å². The van der Waals surface area contributed by atoms with Gasteiger partial charge in [-0.3, -0.25) is 9.78 Å². The van der Waals surface area contributed by atoms with Crippen LogP contribution in [0.1, 0.15) is 30.4 Å². The van der Waals surface area contributed by atoms with Crippen LogP contribution in [0.15, 0.2) is 60.8 Å². The van der Waals surface area contributed by atoms with Crippen LogP contribution < -0.4 is 5.32 Å². The summed E-state index contributed by atoms with van der Waals surface area (Å²) in [7, 11) is 0. The van der Waals surface area contributed by atoms with Crippen LogP contribution >= 0.6 is 0 Å². The van der Waals surface area contributed by atoms with Crippen LogP contribution in [0.25, 0.3) is 10.9 Å². The van der Waals surface area contributed by atoms with Crippen molar-refractivity contribution in [3.05, 3.63) is 71.9 Å². The molecule has 4 heteroatoms. The largest absolute Gasteiger partial charge is 0.324 e. The molecule has 1 amide bonds. The Morgan fingerprint density at radius 2 is 1.92 bits per heavy atom. The van der Waals surface area contributed by atoms with E-state index in [1.54, 1.807) is 18.3 Å². The lowest BCUT2D eigenvalue weighted by molar-refractivity contribution is -0.116. The number of fused-ring (bicyclic) bond motifs is 1. The quantitative estimate of drug-likeness (QED) is 0.783. The summed E-state index contributed by atoms with van der Waals surface area (Å²) < 4.78 is 0. The molecule has 1 unspecified atom stereocenters. The molecule has 24 heavy (non-hydrogen) atoms. The molecule has 0 aliphatic heterocycles. The van der Waals surface area contributed by atoms with Gasteiger partial charge in [-0.05, 0) is 35.7 Å². The molecule has 0 bridgehead atoms. The summed E-state index contributed by atoms with van der Waals surface area (Å²) in [4.78, 5) is 16.7. The number of nitriles is 1. The minimum Gasteiger partial charge on any atom is -0.324 e. The summed E-state index contributed by atoms with van der Waals surface area (Å²) in [6.07, 6.45) is 2.09. The zero-order valence-electron chi connectivity index (χ0n) is 13.4. The normalized spacial score (nSPS) is 11.7. The van der Waals surface area contributed by atoms with Gasteiger partial charge in [-0.25, -0.2) is 0 Å². The smallest absolute Gasteiger partial charge is 0.225 e. The molecule has 0 aliphatic carbocycles. The maximum Gasteiger partial charge on any atom is 0.225 e. The van der Waals surface area contributed by atoms with Crippen LogP contribution in [0.5, 0.6) is 0 Å². The van der Waals surface area contributed by atoms with Crippen molar-refractivity contribution >= 4 is 22.5 Å². The Kier molecular flexibility index (Phi) is 4.53. The number of nitrogens with zero attached hydrogens (tertiary/aromatic N) is 2. The molecule has 1 N–H and O–H groups in total. The lowest BCUT2D eigenvalue weighted by atomic mass is 9.96. The lowest BCUT2D eigenvalue weighted by Crippen LogP contribution is -2.14. The van der Waals surface area contributed by atoms with Gasteiger partial charge in [-0.15, -0.1) is 0 Å². The minimum absolute atomic E-state index is 0.0509. The molecular weight excluding hydrogens is 298 g/mol. The zero-order valence-corrected chi connectivity index (χ0v) is 13.4. The molecule has 1 heterocycles. The van der Waals surface area contributed by atoms with E-state index in [-0.39, 0.29) is 11.8 Å².